The van der Waals surface area contributed by atoms with Crippen molar-refractivity contribution in [1.29, 1.82) is 5.26 Å². The number of allylic oxidation sites excluding steroid dienone is 1. The van der Waals surface area contributed by atoms with Crippen molar-refractivity contribution in [3.63, 3.8) is 0 Å². The molecule has 6 nitrogen and oxygen atoms in total. The molecular weight excluding hydrogens is 380 g/mol. The molecule has 1 saturated heterocycles. The normalized spacial score (nSPS) is 15.1. The molecule has 0 atom stereocenters. The van der Waals surface area contributed by atoms with Gasteiger partial charge in [0.15, 0.2) is 5.78 Å². The molecule has 1 N–H and O–H groups in total. The van der Waals surface area contributed by atoms with E-state index >= 15 is 0 Å². The van der Waals surface area contributed by atoms with E-state index in [-0.39, 0.29) is 28.8 Å². The average molecular weight is 406 g/mol. The predicted molar refractivity (Wildman–Crippen MR) is 115 cm³/mol. The van der Waals surface area contributed by atoms with Crippen LogP contribution < -0.4 is 9.47 Å². The molecule has 0 bridgehead atoms. The van der Waals surface area contributed by atoms with Crippen LogP contribution in [0, 0.1) is 11.3 Å². The number of ketones is 1. The van der Waals surface area contributed by atoms with Gasteiger partial charge in [0.05, 0.1) is 25.9 Å². The summed E-state index contributed by atoms with van der Waals surface area (Å²) in [7, 11) is 5.09. The minimum atomic E-state index is -0.356. The summed E-state index contributed by atoms with van der Waals surface area (Å²) < 4.78 is 10.9. The molecule has 0 radical (unpaired) electrons. The summed E-state index contributed by atoms with van der Waals surface area (Å²) >= 11 is 0. The second-order valence-electron chi connectivity index (χ2n) is 7.43. The Morgan fingerprint density at radius 3 is 2.37 bits per heavy atom. The molecule has 0 unspecified atom stereocenters. The van der Waals surface area contributed by atoms with Crippen LogP contribution >= 0.6 is 0 Å². The molecule has 6 heteroatoms. The number of piperidine rings is 1. The lowest BCUT2D eigenvalue weighted by Gasteiger charge is -2.31. The molecule has 30 heavy (non-hydrogen) atoms. The van der Waals surface area contributed by atoms with Gasteiger partial charge in [-0.15, -0.1) is 0 Å². The van der Waals surface area contributed by atoms with E-state index in [1.165, 1.54) is 13.2 Å². The SMILES string of the molecule is COc1cc(OC)c(C2CCN(C)CC2)c(O)c1C(=O)/C=C/c1ccc(C#N)cc1. The Bertz CT molecular complexity index is 982. The van der Waals surface area contributed by atoms with Gasteiger partial charge in [0.1, 0.15) is 22.8 Å². The first-order chi connectivity index (χ1) is 14.5. The molecule has 0 amide bonds. The first-order valence-electron chi connectivity index (χ1n) is 9.87. The summed E-state index contributed by atoms with van der Waals surface area (Å²) in [6.45, 7) is 1.84. The van der Waals surface area contributed by atoms with Gasteiger partial charge >= 0.3 is 0 Å². The third-order valence-corrected chi connectivity index (χ3v) is 5.55. The van der Waals surface area contributed by atoms with Crippen LogP contribution in [0.3, 0.4) is 0 Å². The molecule has 1 aliphatic rings. The van der Waals surface area contributed by atoms with Gasteiger partial charge in [-0.3, -0.25) is 4.79 Å². The number of rotatable bonds is 6. The number of likely N-dealkylation sites (tertiary alicyclic amines) is 1. The second-order valence-corrected chi connectivity index (χ2v) is 7.43. The number of carbonyl (C=O) groups is 1. The largest absolute Gasteiger partial charge is 0.507 e. The molecule has 0 aliphatic carbocycles. The van der Waals surface area contributed by atoms with Gasteiger partial charge < -0.3 is 19.5 Å². The number of phenols is 1. The number of hydrogen-bond acceptors (Lipinski definition) is 6. The Labute approximate surface area is 177 Å². The molecule has 1 fully saturated rings. The van der Waals surface area contributed by atoms with Crippen molar-refractivity contribution in [2.24, 2.45) is 0 Å². The minimum absolute atomic E-state index is 0.0739. The highest BCUT2D eigenvalue weighted by atomic mass is 16.5. The van der Waals surface area contributed by atoms with E-state index in [9.17, 15) is 9.90 Å². The first kappa shape index (κ1) is 21.4. The van der Waals surface area contributed by atoms with Gasteiger partial charge in [0, 0.05) is 11.6 Å². The van der Waals surface area contributed by atoms with Crippen LogP contribution in [0.5, 0.6) is 17.2 Å². The fourth-order valence-electron chi connectivity index (χ4n) is 3.82. The van der Waals surface area contributed by atoms with E-state index in [0.29, 0.717) is 16.9 Å². The number of ether oxygens (including phenoxy) is 2. The van der Waals surface area contributed by atoms with Gasteiger partial charge in [-0.05, 0) is 62.7 Å². The molecule has 2 aromatic carbocycles. The van der Waals surface area contributed by atoms with Gasteiger partial charge in [-0.2, -0.15) is 5.26 Å². The number of nitrogens with zero attached hydrogens (tertiary/aromatic N) is 2. The Morgan fingerprint density at radius 2 is 1.80 bits per heavy atom. The summed E-state index contributed by atoms with van der Waals surface area (Å²) in [6.07, 6.45) is 4.81. The van der Waals surface area contributed by atoms with Gasteiger partial charge in [0.2, 0.25) is 0 Å². The number of benzene rings is 2. The monoisotopic (exact) mass is 406 g/mol. The Hall–Kier alpha value is -3.30. The number of nitriles is 1. The fraction of sp³-hybridized carbons (Fsp3) is 0.333. The Balaban J connectivity index is 1.97. The number of hydrogen-bond donors (Lipinski definition) is 1. The summed E-state index contributed by atoms with van der Waals surface area (Å²) in [6, 6.07) is 10.6. The lowest BCUT2D eigenvalue weighted by molar-refractivity contribution is 0.104. The molecule has 0 aromatic heterocycles. The molecule has 2 aromatic rings. The maximum absolute atomic E-state index is 13.0. The van der Waals surface area contributed by atoms with Gasteiger partial charge in [-0.1, -0.05) is 18.2 Å². The average Bonchev–Trinajstić information content (AvgIpc) is 2.77. The third-order valence-electron chi connectivity index (χ3n) is 5.55. The van der Waals surface area contributed by atoms with Crippen LogP contribution in [0.2, 0.25) is 0 Å². The number of aromatic hydroxyl groups is 1. The first-order valence-corrected chi connectivity index (χ1v) is 9.87. The lowest BCUT2D eigenvalue weighted by Crippen LogP contribution is -2.29. The maximum atomic E-state index is 13.0. The third kappa shape index (κ3) is 4.47. The molecule has 0 spiro atoms. The number of carbonyl (C=O) groups excluding carboxylic acids is 1. The van der Waals surface area contributed by atoms with Crippen molar-refractivity contribution in [1.82, 2.24) is 4.90 Å². The van der Waals surface area contributed by atoms with Crippen molar-refractivity contribution in [3.8, 4) is 23.3 Å². The lowest BCUT2D eigenvalue weighted by atomic mass is 9.86. The van der Waals surface area contributed by atoms with Crippen LogP contribution in [0.15, 0.2) is 36.4 Å². The Morgan fingerprint density at radius 1 is 1.17 bits per heavy atom. The topological polar surface area (TPSA) is 82.8 Å². The zero-order valence-corrected chi connectivity index (χ0v) is 17.5. The quantitative estimate of drug-likeness (QED) is 0.577. The molecular formula is C24H26N2O4. The molecule has 156 valence electrons. The standard InChI is InChI=1S/C24H26N2O4/c1-26-12-10-18(11-13-26)22-20(29-2)14-21(30-3)23(24(22)28)19(27)9-8-16-4-6-17(15-25)7-5-16/h4-9,14,18,28H,10-13H2,1-3H3/b9-8+. The fourth-order valence-corrected chi connectivity index (χ4v) is 3.82. The minimum Gasteiger partial charge on any atom is -0.507 e. The summed E-state index contributed by atoms with van der Waals surface area (Å²) in [5, 5.41) is 20.0. The molecule has 1 aliphatic heterocycles. The van der Waals surface area contributed by atoms with E-state index in [1.54, 1.807) is 43.5 Å². The highest BCUT2D eigenvalue weighted by molar-refractivity contribution is 6.11. The van der Waals surface area contributed by atoms with Crippen molar-refractivity contribution < 1.29 is 19.4 Å². The van der Waals surface area contributed by atoms with Crippen LogP contribution in [0.4, 0.5) is 0 Å². The van der Waals surface area contributed by atoms with E-state index in [1.807, 2.05) is 0 Å². The molecule has 3 rings (SSSR count). The van der Waals surface area contributed by atoms with Crippen LogP contribution in [-0.4, -0.2) is 50.1 Å². The smallest absolute Gasteiger partial charge is 0.193 e. The summed E-state index contributed by atoms with van der Waals surface area (Å²) in [5.41, 5.74) is 2.14. The second kappa shape index (κ2) is 9.47. The number of methoxy groups -OCH3 is 2. The van der Waals surface area contributed by atoms with Crippen molar-refractivity contribution in [2.45, 2.75) is 18.8 Å². The zero-order valence-electron chi connectivity index (χ0n) is 17.5. The van der Waals surface area contributed by atoms with Crippen molar-refractivity contribution in [2.75, 3.05) is 34.4 Å². The van der Waals surface area contributed by atoms with Crippen LogP contribution in [0.1, 0.15) is 45.8 Å². The van der Waals surface area contributed by atoms with Gasteiger partial charge in [-0.25, -0.2) is 0 Å². The van der Waals surface area contributed by atoms with E-state index < -0.39 is 0 Å². The van der Waals surface area contributed by atoms with E-state index in [2.05, 4.69) is 18.0 Å². The summed E-state index contributed by atoms with van der Waals surface area (Å²) in [4.78, 5) is 15.2. The molecule has 1 heterocycles. The highest BCUT2D eigenvalue weighted by Gasteiger charge is 2.29. The zero-order chi connectivity index (χ0) is 21.7. The van der Waals surface area contributed by atoms with E-state index in [0.717, 1.165) is 31.5 Å². The highest BCUT2D eigenvalue weighted by Crippen LogP contribution is 2.45. The van der Waals surface area contributed by atoms with Gasteiger partial charge in [0.25, 0.3) is 0 Å². The van der Waals surface area contributed by atoms with Crippen LogP contribution in [-0.2, 0) is 0 Å². The van der Waals surface area contributed by atoms with Crippen LogP contribution in [0.25, 0.3) is 6.08 Å². The van der Waals surface area contributed by atoms with E-state index in [4.69, 9.17) is 14.7 Å². The Kier molecular flexibility index (Phi) is 6.76. The van der Waals surface area contributed by atoms with Crippen molar-refractivity contribution in [3.05, 3.63) is 58.7 Å². The van der Waals surface area contributed by atoms with Crippen molar-refractivity contribution >= 4 is 11.9 Å². The summed E-state index contributed by atoms with van der Waals surface area (Å²) in [5.74, 6) is 0.485. The number of phenolic OH excluding ortho intramolecular Hbond substituents is 1. The molecule has 0 saturated carbocycles. The maximum Gasteiger partial charge on any atom is 0.193 e. The predicted octanol–water partition coefficient (Wildman–Crippen LogP) is 3.99.